The molecule has 3 N–H and O–H groups in total. The molecular weight excluding hydrogens is 550 g/mol. The first-order valence-electron chi connectivity index (χ1n) is 20.1. The summed E-state index contributed by atoms with van der Waals surface area (Å²) in [5, 5.41) is 9.83. The number of allylic oxidation sites excluding steroid dienone is 2. The topological polar surface area (TPSA) is 53.2 Å². The lowest BCUT2D eigenvalue weighted by Crippen LogP contribution is -2.25. The van der Waals surface area contributed by atoms with Gasteiger partial charge in [-0.15, -0.1) is 0 Å². The fourth-order valence-electron chi connectivity index (χ4n) is 6.35. The second-order valence-electron chi connectivity index (χ2n) is 14.1. The van der Waals surface area contributed by atoms with Crippen molar-refractivity contribution in [3.8, 4) is 0 Å². The van der Waals surface area contributed by atoms with Crippen LogP contribution in [0.25, 0.3) is 0 Å². The molecule has 0 spiro atoms. The van der Waals surface area contributed by atoms with Gasteiger partial charge in [0.1, 0.15) is 0 Å². The van der Waals surface area contributed by atoms with Gasteiger partial charge in [0, 0.05) is 30.5 Å². The van der Waals surface area contributed by atoms with Crippen molar-refractivity contribution in [2.45, 2.75) is 219 Å². The van der Waals surface area contributed by atoms with Crippen molar-refractivity contribution < 1.29 is 4.79 Å². The molecule has 0 aromatic rings. The Kier molecular flexibility index (Phi) is 35.8. The van der Waals surface area contributed by atoms with E-state index in [1.165, 1.54) is 173 Å². The van der Waals surface area contributed by atoms with Crippen molar-refractivity contribution in [3.63, 3.8) is 0 Å². The van der Waals surface area contributed by atoms with Gasteiger partial charge < -0.3 is 16.0 Å². The highest BCUT2D eigenvalue weighted by atomic mass is 16.1. The van der Waals surface area contributed by atoms with Crippen molar-refractivity contribution in [2.75, 3.05) is 13.1 Å². The van der Waals surface area contributed by atoms with Gasteiger partial charge in [-0.1, -0.05) is 168 Å². The Balaban J connectivity index is 3.28. The molecule has 0 aromatic heterocycles. The smallest absolute Gasteiger partial charge is 0.207 e. The monoisotopic (exact) mass is 632 g/mol. The van der Waals surface area contributed by atoms with Gasteiger partial charge in [0.15, 0.2) is 0 Å². The summed E-state index contributed by atoms with van der Waals surface area (Å²) in [6.45, 7) is 14.8. The van der Waals surface area contributed by atoms with Crippen LogP contribution in [0.5, 0.6) is 0 Å². The summed E-state index contributed by atoms with van der Waals surface area (Å²) < 4.78 is 0. The summed E-state index contributed by atoms with van der Waals surface area (Å²) in [6.07, 6.45) is 42.9. The van der Waals surface area contributed by atoms with Crippen LogP contribution in [-0.2, 0) is 4.79 Å². The molecule has 1 unspecified atom stereocenters. The lowest BCUT2D eigenvalue weighted by atomic mass is 10.0. The van der Waals surface area contributed by atoms with Gasteiger partial charge in [-0.2, -0.15) is 0 Å². The predicted octanol–water partition coefficient (Wildman–Crippen LogP) is 12.4. The van der Waals surface area contributed by atoms with Crippen LogP contribution in [0, 0.1) is 0 Å². The number of nitrogens with one attached hydrogen (secondary N) is 3. The van der Waals surface area contributed by atoms with E-state index in [1.54, 1.807) is 0 Å². The van der Waals surface area contributed by atoms with E-state index in [0.717, 1.165) is 57.3 Å². The zero-order valence-electron chi connectivity index (χ0n) is 30.8. The van der Waals surface area contributed by atoms with E-state index in [4.69, 9.17) is 0 Å². The molecule has 4 nitrogen and oxygen atoms in total. The quantitative estimate of drug-likeness (QED) is 0.0467. The van der Waals surface area contributed by atoms with Gasteiger partial charge in [0.05, 0.1) is 0 Å². The van der Waals surface area contributed by atoms with E-state index < -0.39 is 0 Å². The van der Waals surface area contributed by atoms with Gasteiger partial charge >= 0.3 is 0 Å². The normalized spacial score (nSPS) is 11.8. The van der Waals surface area contributed by atoms with E-state index >= 15 is 0 Å². The first-order chi connectivity index (χ1) is 22.1. The van der Waals surface area contributed by atoms with Crippen LogP contribution in [0.2, 0.25) is 0 Å². The first-order valence-corrected chi connectivity index (χ1v) is 20.1. The predicted molar refractivity (Wildman–Crippen MR) is 202 cm³/mol. The highest BCUT2D eigenvalue weighted by molar-refractivity contribution is 5.45. The second-order valence-corrected chi connectivity index (χ2v) is 14.1. The Morgan fingerprint density at radius 1 is 0.511 bits per heavy atom. The van der Waals surface area contributed by atoms with Crippen LogP contribution in [0.4, 0.5) is 0 Å². The maximum Gasteiger partial charge on any atom is 0.207 e. The molecule has 0 aliphatic heterocycles. The molecule has 0 rings (SSSR count). The number of amides is 1. The molecule has 0 radical (unpaired) electrons. The minimum atomic E-state index is 0.478. The molecule has 0 saturated heterocycles. The lowest BCUT2D eigenvalue weighted by Gasteiger charge is -2.17. The van der Waals surface area contributed by atoms with Crippen LogP contribution in [-0.4, -0.2) is 25.5 Å². The maximum absolute atomic E-state index is 10.3. The van der Waals surface area contributed by atoms with Gasteiger partial charge in [0.25, 0.3) is 0 Å². The molecule has 266 valence electrons. The fraction of sp³-hybridized carbons (Fsp3) is 0.878. The molecular formula is C41H81N3O. The van der Waals surface area contributed by atoms with Crippen molar-refractivity contribution in [2.24, 2.45) is 0 Å². The molecule has 0 heterocycles. The van der Waals surface area contributed by atoms with Gasteiger partial charge in [-0.25, -0.2) is 0 Å². The van der Waals surface area contributed by atoms with E-state index in [-0.39, 0.29) is 0 Å². The third kappa shape index (κ3) is 36.9. The molecule has 45 heavy (non-hydrogen) atoms. The third-order valence-electron chi connectivity index (χ3n) is 9.35. The maximum atomic E-state index is 10.3. The molecule has 1 amide bonds. The van der Waals surface area contributed by atoms with E-state index in [1.807, 2.05) is 0 Å². The molecule has 0 saturated carbocycles. The highest BCUT2D eigenvalue weighted by Crippen LogP contribution is 2.16. The number of rotatable bonds is 39. The van der Waals surface area contributed by atoms with Crippen LogP contribution in [0.1, 0.15) is 213 Å². The Bertz CT molecular complexity index is 634. The summed E-state index contributed by atoms with van der Waals surface area (Å²) in [7, 11) is 0. The van der Waals surface area contributed by atoms with Crippen molar-refractivity contribution in [1.82, 2.24) is 16.0 Å². The van der Waals surface area contributed by atoms with E-state index in [9.17, 15) is 4.79 Å². The zero-order valence-corrected chi connectivity index (χ0v) is 30.8. The summed E-state index contributed by atoms with van der Waals surface area (Å²) in [5.74, 6) is 0. The zero-order chi connectivity index (χ0) is 32.9. The summed E-state index contributed by atoms with van der Waals surface area (Å²) >= 11 is 0. The number of hydrogen-bond acceptors (Lipinski definition) is 3. The van der Waals surface area contributed by atoms with Gasteiger partial charge in [0.2, 0.25) is 6.41 Å². The molecule has 0 aromatic carbocycles. The minimum Gasteiger partial charge on any atom is -0.389 e. The molecule has 0 bridgehead atoms. The van der Waals surface area contributed by atoms with E-state index in [0.29, 0.717) is 6.04 Å². The molecule has 1 atom stereocenters. The standard InChI is InChI=1S/C41H81N3O/c1-5-6-7-8-9-10-11-12-13-14-15-16-17-18-19-20-21-22-23-24-25-26-28-33-39(2)43-37-32-30-35-41(4)44-40(3)34-29-27-31-36-42-38-45/h38,41,43-44H,2-3,5-37H2,1,4H3,(H,42,45). The second kappa shape index (κ2) is 37.0. The number of hydrogen-bond donors (Lipinski definition) is 3. The van der Waals surface area contributed by atoms with Crippen molar-refractivity contribution in [3.05, 3.63) is 24.6 Å². The molecule has 0 aliphatic carbocycles. The SMILES string of the molecule is C=C(CCCCCCCCCCCCCCCCCCCCCCCCC)NCCCCC(C)NC(=C)CCCCCNC=O. The number of carbonyl (C=O) groups is 1. The molecule has 4 heteroatoms. The van der Waals surface area contributed by atoms with Crippen LogP contribution >= 0.6 is 0 Å². The minimum absolute atomic E-state index is 0.478. The average Bonchev–Trinajstić information content (AvgIpc) is 3.02. The number of unbranched alkanes of at least 4 members (excludes halogenated alkanes) is 25. The van der Waals surface area contributed by atoms with Crippen LogP contribution in [0.3, 0.4) is 0 Å². The largest absolute Gasteiger partial charge is 0.389 e. The Hall–Kier alpha value is -1.45. The summed E-state index contributed by atoms with van der Waals surface area (Å²) in [4.78, 5) is 10.3. The molecule has 0 aliphatic rings. The van der Waals surface area contributed by atoms with Gasteiger partial charge in [-0.3, -0.25) is 4.79 Å². The lowest BCUT2D eigenvalue weighted by molar-refractivity contribution is -0.109. The van der Waals surface area contributed by atoms with Crippen molar-refractivity contribution >= 4 is 6.41 Å². The average molecular weight is 632 g/mol. The fourth-order valence-corrected chi connectivity index (χ4v) is 6.35. The molecule has 0 fully saturated rings. The third-order valence-corrected chi connectivity index (χ3v) is 9.35. The van der Waals surface area contributed by atoms with E-state index in [2.05, 4.69) is 43.0 Å². The first kappa shape index (κ1) is 43.5. The Morgan fingerprint density at radius 2 is 0.889 bits per heavy atom. The Labute approximate surface area is 283 Å². The van der Waals surface area contributed by atoms with Crippen LogP contribution in [0.15, 0.2) is 24.6 Å². The highest BCUT2D eigenvalue weighted by Gasteiger charge is 2.04. The van der Waals surface area contributed by atoms with Gasteiger partial charge in [-0.05, 0) is 58.3 Å². The summed E-state index contributed by atoms with van der Waals surface area (Å²) in [5.41, 5.74) is 2.37. The Morgan fingerprint density at radius 3 is 1.33 bits per heavy atom. The number of carbonyl (C=O) groups excluding carboxylic acids is 1. The van der Waals surface area contributed by atoms with Crippen LogP contribution < -0.4 is 16.0 Å². The van der Waals surface area contributed by atoms with Crippen molar-refractivity contribution in [1.29, 1.82) is 0 Å². The summed E-state index contributed by atoms with van der Waals surface area (Å²) in [6, 6.07) is 0.478.